The molecule has 15 heavy (non-hydrogen) atoms. The maximum Gasteiger partial charge on any atom is 3.00 e. The first kappa shape index (κ1) is 19.9. The van der Waals surface area contributed by atoms with Crippen molar-refractivity contribution < 1.29 is 39.4 Å². The molecule has 1 rings (SSSR count). The number of hydrogen-bond acceptors (Lipinski definition) is 3. The number of aromatic hydroxyl groups is 1. The molecule has 0 aliphatic carbocycles. The van der Waals surface area contributed by atoms with Gasteiger partial charge in [-0.3, -0.25) is 6.29 Å². The van der Waals surface area contributed by atoms with Gasteiger partial charge in [-0.05, 0) is 6.07 Å². The van der Waals surface area contributed by atoms with Gasteiger partial charge in [0.1, 0.15) is 5.75 Å². The Kier molecular flexibility index (Phi) is 17.8. The Morgan fingerprint density at radius 3 is 2.33 bits per heavy atom. The van der Waals surface area contributed by atoms with E-state index in [1.54, 1.807) is 18.2 Å². The van der Waals surface area contributed by atoms with Gasteiger partial charge in [0.15, 0.2) is 0 Å². The van der Waals surface area contributed by atoms with Crippen molar-refractivity contribution in [1.82, 2.24) is 5.43 Å². The molecule has 0 atom stereocenters. The summed E-state index contributed by atoms with van der Waals surface area (Å²) in [4.78, 5) is 8.68. The standard InChI is InChI=1S/C7H9N2O.C2H3O.ClH.Mn/c8-9-5-6-3-1-2-4-7(6)10;1-2-3;;/h1-4,8-10H,5H2;1H3;1H;/q2*-1;;+3/p-1. The van der Waals surface area contributed by atoms with Gasteiger partial charge in [-0.1, -0.05) is 18.2 Å². The number of nitrogens with one attached hydrogen (secondary N) is 2. The zero-order valence-corrected chi connectivity index (χ0v) is 10.1. The van der Waals surface area contributed by atoms with E-state index in [1.807, 2.05) is 6.07 Å². The van der Waals surface area contributed by atoms with Crippen LogP contribution in [0.25, 0.3) is 5.84 Å². The first-order valence-corrected chi connectivity index (χ1v) is 3.71. The Labute approximate surface area is 106 Å². The van der Waals surface area contributed by atoms with Gasteiger partial charge in [-0.2, -0.15) is 6.92 Å². The first-order chi connectivity index (χ1) is 6.26. The molecule has 0 saturated carbocycles. The van der Waals surface area contributed by atoms with E-state index in [0.717, 1.165) is 5.56 Å². The third-order valence-electron chi connectivity index (χ3n) is 1.27. The normalized spacial score (nSPS) is 7.33. The predicted molar refractivity (Wildman–Crippen MR) is 50.6 cm³/mol. The van der Waals surface area contributed by atoms with Gasteiger partial charge in [0, 0.05) is 12.1 Å². The fourth-order valence-electron chi connectivity index (χ4n) is 0.756. The monoisotopic (exact) mass is 270 g/mol. The Hall–Kier alpha value is -0.581. The number of carbonyl (C=O) groups excluding carboxylic acids is 1. The molecular formula is C9H12ClMnN2O2. The second-order valence-electron chi connectivity index (χ2n) is 2.19. The summed E-state index contributed by atoms with van der Waals surface area (Å²) in [5.74, 6) is 6.91. The summed E-state index contributed by atoms with van der Waals surface area (Å²) in [5, 5.41) is 9.12. The molecule has 3 N–H and O–H groups in total. The maximum atomic E-state index is 9.12. The number of benzene rings is 1. The quantitative estimate of drug-likeness (QED) is 0.393. The van der Waals surface area contributed by atoms with E-state index in [2.05, 4.69) is 5.43 Å². The SMILES string of the molecule is C[C-]=O.[Cl-].[Mn+3].[NH-]NCc1ccccc1O. The maximum absolute atomic E-state index is 9.12. The van der Waals surface area contributed by atoms with E-state index in [-0.39, 0.29) is 35.2 Å². The Morgan fingerprint density at radius 1 is 1.47 bits per heavy atom. The van der Waals surface area contributed by atoms with Gasteiger partial charge >= 0.3 is 17.1 Å². The molecule has 0 amide bonds. The number of phenols is 1. The number of rotatable bonds is 2. The van der Waals surface area contributed by atoms with Crippen molar-refractivity contribution >= 4 is 6.29 Å². The minimum absolute atomic E-state index is 0. The Bertz CT molecular complexity index is 262. The van der Waals surface area contributed by atoms with Crippen LogP contribution in [0.3, 0.4) is 0 Å². The van der Waals surface area contributed by atoms with Crippen LogP contribution in [0.2, 0.25) is 0 Å². The fraction of sp³-hybridized carbons (Fsp3) is 0.222. The van der Waals surface area contributed by atoms with E-state index in [1.165, 1.54) is 13.2 Å². The number of para-hydroxylation sites is 1. The largest absolute Gasteiger partial charge is 3.00 e. The second-order valence-corrected chi connectivity index (χ2v) is 2.19. The van der Waals surface area contributed by atoms with Crippen LogP contribution in [-0.2, 0) is 28.4 Å². The number of phenolic OH excluding ortho intramolecular Hbond substituents is 1. The van der Waals surface area contributed by atoms with E-state index in [9.17, 15) is 0 Å². The summed E-state index contributed by atoms with van der Waals surface area (Å²) in [6.07, 6.45) is 1.50. The molecule has 0 aromatic heterocycles. The van der Waals surface area contributed by atoms with Gasteiger partial charge < -0.3 is 33.6 Å². The first-order valence-electron chi connectivity index (χ1n) is 3.71. The van der Waals surface area contributed by atoms with Crippen molar-refractivity contribution in [2.45, 2.75) is 13.5 Å². The molecule has 6 heteroatoms. The van der Waals surface area contributed by atoms with E-state index in [4.69, 9.17) is 15.7 Å². The molecule has 0 saturated heterocycles. The minimum Gasteiger partial charge on any atom is -1.00 e. The zero-order chi connectivity index (χ0) is 10.1. The van der Waals surface area contributed by atoms with E-state index in [0.29, 0.717) is 6.54 Å². The predicted octanol–water partition coefficient (Wildman–Crippen LogP) is -1.43. The summed E-state index contributed by atoms with van der Waals surface area (Å²) in [7, 11) is 0. The summed E-state index contributed by atoms with van der Waals surface area (Å²) in [6, 6.07) is 6.96. The molecule has 1 aromatic carbocycles. The van der Waals surface area contributed by atoms with Gasteiger partial charge in [0.2, 0.25) is 0 Å². The molecule has 0 fully saturated rings. The van der Waals surface area contributed by atoms with Crippen LogP contribution < -0.4 is 17.8 Å². The van der Waals surface area contributed by atoms with Crippen LogP contribution in [0, 0.1) is 0 Å². The zero-order valence-electron chi connectivity index (χ0n) is 8.13. The third kappa shape index (κ3) is 9.72. The van der Waals surface area contributed by atoms with Gasteiger partial charge in [0.25, 0.3) is 0 Å². The Morgan fingerprint density at radius 2 is 1.93 bits per heavy atom. The second kappa shape index (κ2) is 13.4. The molecule has 0 heterocycles. The van der Waals surface area contributed by atoms with Gasteiger partial charge in [-0.25, -0.2) is 0 Å². The average molecular weight is 271 g/mol. The van der Waals surface area contributed by atoms with Crippen molar-refractivity contribution in [3.8, 4) is 5.75 Å². The summed E-state index contributed by atoms with van der Waals surface area (Å²) >= 11 is 0. The van der Waals surface area contributed by atoms with Gasteiger partial charge in [0.05, 0.1) is 0 Å². The van der Waals surface area contributed by atoms with Crippen molar-refractivity contribution in [3.63, 3.8) is 0 Å². The summed E-state index contributed by atoms with van der Waals surface area (Å²) < 4.78 is 0. The third-order valence-corrected chi connectivity index (χ3v) is 1.27. The molecule has 1 aromatic rings. The molecule has 0 aliphatic rings. The molecule has 0 aliphatic heterocycles. The van der Waals surface area contributed by atoms with E-state index >= 15 is 0 Å². The van der Waals surface area contributed by atoms with Crippen LogP contribution in [0.4, 0.5) is 0 Å². The van der Waals surface area contributed by atoms with Crippen LogP contribution in [-0.4, -0.2) is 11.4 Å². The topological polar surface area (TPSA) is 73.1 Å². The average Bonchev–Trinajstić information content (AvgIpc) is 2.11. The Balaban J connectivity index is -0.000000260. The molecule has 4 nitrogen and oxygen atoms in total. The number of hydrogen-bond donors (Lipinski definition) is 2. The van der Waals surface area contributed by atoms with Crippen LogP contribution in [0.1, 0.15) is 12.5 Å². The van der Waals surface area contributed by atoms with Crippen molar-refractivity contribution in [2.75, 3.05) is 0 Å². The molecule has 0 unspecified atom stereocenters. The van der Waals surface area contributed by atoms with E-state index < -0.39 is 0 Å². The number of halogens is 1. The summed E-state index contributed by atoms with van der Waals surface area (Å²) in [5.41, 5.74) is 2.96. The van der Waals surface area contributed by atoms with Crippen molar-refractivity contribution in [1.29, 1.82) is 0 Å². The van der Waals surface area contributed by atoms with Crippen LogP contribution in [0.5, 0.6) is 5.75 Å². The van der Waals surface area contributed by atoms with Gasteiger partial charge in [-0.15, -0.1) is 0 Å². The molecule has 84 valence electrons. The summed E-state index contributed by atoms with van der Waals surface area (Å²) in [6.45, 7) is 1.70. The smallest absolute Gasteiger partial charge is 1.00 e. The molecule has 0 bridgehead atoms. The van der Waals surface area contributed by atoms with Crippen molar-refractivity contribution in [3.05, 3.63) is 35.7 Å². The molecule has 0 spiro atoms. The van der Waals surface area contributed by atoms with Crippen molar-refractivity contribution in [2.24, 2.45) is 0 Å². The molecular weight excluding hydrogens is 259 g/mol. The fourth-order valence-corrected chi connectivity index (χ4v) is 0.756. The molecule has 0 radical (unpaired) electrons. The van der Waals surface area contributed by atoms with Crippen LogP contribution >= 0.6 is 0 Å². The van der Waals surface area contributed by atoms with Crippen LogP contribution in [0.15, 0.2) is 24.3 Å². The minimum atomic E-state index is 0.